The summed E-state index contributed by atoms with van der Waals surface area (Å²) >= 11 is 0. The summed E-state index contributed by atoms with van der Waals surface area (Å²) in [6, 6.07) is 7.42. The van der Waals surface area contributed by atoms with Gasteiger partial charge in [-0.15, -0.1) is 0 Å². The van der Waals surface area contributed by atoms with Gasteiger partial charge < -0.3 is 14.8 Å². The Morgan fingerprint density at radius 2 is 2.14 bits per heavy atom. The van der Waals surface area contributed by atoms with Crippen LogP contribution in [0.5, 0.6) is 0 Å². The maximum Gasteiger partial charge on any atom is 0.223 e. The van der Waals surface area contributed by atoms with Crippen molar-refractivity contribution in [1.29, 1.82) is 0 Å². The van der Waals surface area contributed by atoms with Gasteiger partial charge in [0.25, 0.3) is 0 Å². The molecule has 2 aromatic rings. The average molecular weight is 397 g/mol. The molecule has 1 aromatic carbocycles. The first-order valence-electron chi connectivity index (χ1n) is 10.9. The SMILES string of the molecule is O=C1CCC[C@H]2[C@@H]3C[C@@H](CN(CCc4ncc[nH]4)C3)[C@H](Cc3cccc(F)c3)N12. The van der Waals surface area contributed by atoms with E-state index >= 15 is 0 Å². The van der Waals surface area contributed by atoms with Crippen LogP contribution in [0.1, 0.15) is 37.1 Å². The third-order valence-electron chi connectivity index (χ3n) is 7.13. The Bertz CT molecular complexity index is 854. The highest BCUT2D eigenvalue weighted by molar-refractivity contribution is 5.78. The number of benzene rings is 1. The number of halogens is 1. The second kappa shape index (κ2) is 7.90. The summed E-state index contributed by atoms with van der Waals surface area (Å²) in [5, 5.41) is 0. The van der Waals surface area contributed by atoms with Crippen LogP contribution in [0, 0.1) is 17.7 Å². The molecule has 0 saturated carbocycles. The van der Waals surface area contributed by atoms with Crippen molar-refractivity contribution >= 4 is 5.91 Å². The summed E-state index contributed by atoms with van der Waals surface area (Å²) in [5.41, 5.74) is 0.998. The van der Waals surface area contributed by atoms with E-state index < -0.39 is 0 Å². The number of hydrogen-bond donors (Lipinski definition) is 1. The zero-order chi connectivity index (χ0) is 19.8. The molecule has 1 N–H and O–H groups in total. The third-order valence-corrected chi connectivity index (χ3v) is 7.13. The van der Waals surface area contributed by atoms with Crippen molar-refractivity contribution in [2.24, 2.45) is 11.8 Å². The van der Waals surface area contributed by atoms with Crippen molar-refractivity contribution in [2.45, 2.75) is 50.6 Å². The number of likely N-dealkylation sites (tertiary alicyclic amines) is 1. The van der Waals surface area contributed by atoms with Crippen molar-refractivity contribution in [3.05, 3.63) is 53.9 Å². The lowest BCUT2D eigenvalue weighted by Crippen LogP contribution is -2.65. The predicted octanol–water partition coefficient (Wildman–Crippen LogP) is 3.04. The van der Waals surface area contributed by atoms with E-state index in [4.69, 9.17) is 0 Å². The van der Waals surface area contributed by atoms with E-state index in [1.807, 2.05) is 12.3 Å². The summed E-state index contributed by atoms with van der Waals surface area (Å²) in [6.45, 7) is 3.07. The van der Waals surface area contributed by atoms with Crippen LogP contribution in [0.3, 0.4) is 0 Å². The highest BCUT2D eigenvalue weighted by Gasteiger charge is 2.49. The van der Waals surface area contributed by atoms with Crippen LogP contribution in [-0.4, -0.2) is 57.4 Å². The van der Waals surface area contributed by atoms with E-state index in [0.717, 1.165) is 56.7 Å². The number of nitrogens with one attached hydrogen (secondary N) is 1. The summed E-state index contributed by atoms with van der Waals surface area (Å²) in [4.78, 5) is 25.3. The molecular formula is C23H29FN4O. The van der Waals surface area contributed by atoms with Crippen LogP contribution in [0.4, 0.5) is 4.39 Å². The van der Waals surface area contributed by atoms with Crippen LogP contribution in [-0.2, 0) is 17.6 Å². The van der Waals surface area contributed by atoms with Crippen molar-refractivity contribution in [3.63, 3.8) is 0 Å². The van der Waals surface area contributed by atoms with Gasteiger partial charge in [-0.1, -0.05) is 12.1 Å². The molecule has 1 amide bonds. The number of hydrogen-bond acceptors (Lipinski definition) is 3. The van der Waals surface area contributed by atoms with Gasteiger partial charge in [-0.2, -0.15) is 0 Å². The molecule has 3 aliphatic heterocycles. The van der Waals surface area contributed by atoms with Crippen LogP contribution in [0.25, 0.3) is 0 Å². The van der Waals surface area contributed by atoms with Gasteiger partial charge in [-0.3, -0.25) is 4.79 Å². The van der Waals surface area contributed by atoms with E-state index in [2.05, 4.69) is 19.8 Å². The lowest BCUT2D eigenvalue weighted by molar-refractivity contribution is -0.152. The summed E-state index contributed by atoms with van der Waals surface area (Å²) in [5.74, 6) is 2.15. The Morgan fingerprint density at radius 3 is 2.97 bits per heavy atom. The predicted molar refractivity (Wildman–Crippen MR) is 109 cm³/mol. The highest BCUT2D eigenvalue weighted by atomic mass is 19.1. The Balaban J connectivity index is 1.37. The molecule has 4 heterocycles. The zero-order valence-electron chi connectivity index (χ0n) is 16.8. The Labute approximate surface area is 171 Å². The molecule has 29 heavy (non-hydrogen) atoms. The van der Waals surface area contributed by atoms with Gasteiger partial charge in [-0.05, 0) is 55.2 Å². The standard InChI is InChI=1S/C23H29FN4O/c24-19-4-1-3-16(11-19)12-21-18-13-17(20-5-2-6-23(29)28(20)21)14-27(15-18)10-7-22-25-8-9-26-22/h1,3-4,8-9,11,17-18,20-21H,2,5-7,10,12-15H2,(H,25,26)/t17-,18+,20+,21+/m1/s1. The molecule has 0 spiro atoms. The fourth-order valence-electron chi connectivity index (χ4n) is 5.92. The number of amides is 1. The summed E-state index contributed by atoms with van der Waals surface area (Å²) < 4.78 is 13.8. The van der Waals surface area contributed by atoms with E-state index in [1.54, 1.807) is 18.3 Å². The van der Waals surface area contributed by atoms with Gasteiger partial charge in [0.15, 0.2) is 0 Å². The molecule has 0 radical (unpaired) electrons. The van der Waals surface area contributed by atoms with Gasteiger partial charge in [0.2, 0.25) is 5.91 Å². The lowest BCUT2D eigenvalue weighted by Gasteiger charge is -2.57. The van der Waals surface area contributed by atoms with Gasteiger partial charge in [-0.25, -0.2) is 9.37 Å². The molecule has 3 aliphatic rings. The summed E-state index contributed by atoms with van der Waals surface area (Å²) in [7, 11) is 0. The van der Waals surface area contributed by atoms with E-state index in [0.29, 0.717) is 30.2 Å². The number of piperidine rings is 3. The quantitative estimate of drug-likeness (QED) is 0.845. The molecule has 0 unspecified atom stereocenters. The van der Waals surface area contributed by atoms with Crippen molar-refractivity contribution in [3.8, 4) is 0 Å². The van der Waals surface area contributed by atoms with Crippen molar-refractivity contribution in [1.82, 2.24) is 19.8 Å². The van der Waals surface area contributed by atoms with Gasteiger partial charge in [0.05, 0.1) is 0 Å². The molecule has 5 rings (SSSR count). The van der Waals surface area contributed by atoms with Crippen LogP contribution in [0.2, 0.25) is 0 Å². The Hall–Kier alpha value is -2.21. The molecule has 5 nitrogen and oxygen atoms in total. The molecule has 0 aliphatic carbocycles. The first kappa shape index (κ1) is 18.8. The molecule has 3 saturated heterocycles. The topological polar surface area (TPSA) is 52.2 Å². The number of carbonyl (C=O) groups is 1. The normalized spacial score (nSPS) is 29.7. The van der Waals surface area contributed by atoms with Crippen LogP contribution >= 0.6 is 0 Å². The van der Waals surface area contributed by atoms with Crippen LogP contribution in [0.15, 0.2) is 36.7 Å². The maximum absolute atomic E-state index is 13.8. The lowest BCUT2D eigenvalue weighted by atomic mass is 9.70. The number of aromatic amines is 1. The molecule has 4 atom stereocenters. The number of aromatic nitrogens is 2. The van der Waals surface area contributed by atoms with Gasteiger partial charge in [0.1, 0.15) is 11.6 Å². The van der Waals surface area contributed by atoms with Gasteiger partial charge in [0, 0.05) is 57.0 Å². The van der Waals surface area contributed by atoms with E-state index in [9.17, 15) is 9.18 Å². The largest absolute Gasteiger partial charge is 0.349 e. The molecule has 2 bridgehead atoms. The zero-order valence-corrected chi connectivity index (χ0v) is 16.8. The number of H-pyrrole nitrogens is 1. The minimum Gasteiger partial charge on any atom is -0.349 e. The first-order chi connectivity index (χ1) is 14.2. The van der Waals surface area contributed by atoms with E-state index in [-0.39, 0.29) is 11.9 Å². The second-order valence-electron chi connectivity index (χ2n) is 8.96. The maximum atomic E-state index is 13.8. The first-order valence-corrected chi connectivity index (χ1v) is 10.9. The minimum absolute atomic E-state index is 0.178. The second-order valence-corrected chi connectivity index (χ2v) is 8.96. The fourth-order valence-corrected chi connectivity index (χ4v) is 5.92. The molecule has 154 valence electrons. The number of imidazole rings is 1. The Morgan fingerprint density at radius 1 is 1.24 bits per heavy atom. The number of rotatable bonds is 5. The smallest absolute Gasteiger partial charge is 0.223 e. The molecule has 1 aromatic heterocycles. The third kappa shape index (κ3) is 3.82. The fraction of sp³-hybridized carbons (Fsp3) is 0.565. The highest BCUT2D eigenvalue weighted by Crippen LogP contribution is 2.42. The van der Waals surface area contributed by atoms with Crippen LogP contribution < -0.4 is 0 Å². The Kier molecular flexibility index (Phi) is 5.12. The number of carbonyl (C=O) groups excluding carboxylic acids is 1. The average Bonchev–Trinajstić information content (AvgIpc) is 3.23. The van der Waals surface area contributed by atoms with Gasteiger partial charge >= 0.3 is 0 Å². The molecular weight excluding hydrogens is 367 g/mol. The molecule has 3 fully saturated rings. The van der Waals surface area contributed by atoms with E-state index in [1.165, 1.54) is 12.5 Å². The minimum atomic E-state index is -0.193. The number of fused-ring (bicyclic) bond motifs is 4. The van der Waals surface area contributed by atoms with Crippen molar-refractivity contribution < 1.29 is 9.18 Å². The molecule has 6 heteroatoms. The number of nitrogens with zero attached hydrogens (tertiary/aromatic N) is 3. The van der Waals surface area contributed by atoms with Crippen molar-refractivity contribution in [2.75, 3.05) is 19.6 Å². The monoisotopic (exact) mass is 396 g/mol. The summed E-state index contributed by atoms with van der Waals surface area (Å²) in [6.07, 6.45) is 9.32.